The number of hydrogen-bond donors (Lipinski definition) is 2. The lowest BCUT2D eigenvalue weighted by atomic mass is 10.1. The van der Waals surface area contributed by atoms with E-state index in [2.05, 4.69) is 49.1 Å². The largest absolute Gasteiger partial charge is 0.432 e. The number of halogens is 2. The van der Waals surface area contributed by atoms with Gasteiger partial charge in [0.25, 0.3) is 5.91 Å². The Kier molecular flexibility index (Phi) is 8.81. The minimum Gasteiger partial charge on any atom is -0.432 e. The summed E-state index contributed by atoms with van der Waals surface area (Å²) in [5, 5.41) is 7.22. The molecule has 36 heavy (non-hydrogen) atoms. The lowest BCUT2D eigenvalue weighted by Crippen LogP contribution is -2.48. The summed E-state index contributed by atoms with van der Waals surface area (Å²) in [5.74, 6) is 0.542. The number of thiazole rings is 1. The van der Waals surface area contributed by atoms with Crippen molar-refractivity contribution in [3.63, 3.8) is 0 Å². The van der Waals surface area contributed by atoms with Crippen LogP contribution in [0.4, 0.5) is 19.9 Å². The number of piperazine rings is 1. The molecule has 1 amide bonds. The second-order valence-electron chi connectivity index (χ2n) is 8.82. The molecule has 1 aromatic carbocycles. The Labute approximate surface area is 212 Å². The SMILES string of the molecule is CCCN1CCN(C(=O)c2ccc3nc(NCC(C)CNc4ncc(OC(F)F)cn4)sc3c2)CC1. The maximum absolute atomic E-state index is 13.0. The molecular formula is C24H31F2N7O2S. The van der Waals surface area contributed by atoms with Crippen molar-refractivity contribution in [2.45, 2.75) is 26.9 Å². The molecule has 194 valence electrons. The summed E-state index contributed by atoms with van der Waals surface area (Å²) in [6.45, 7) is 7.02. The van der Waals surface area contributed by atoms with Gasteiger partial charge in [-0.2, -0.15) is 8.78 Å². The van der Waals surface area contributed by atoms with E-state index < -0.39 is 6.61 Å². The van der Waals surface area contributed by atoms with Crippen molar-refractivity contribution in [2.75, 3.05) is 56.4 Å². The molecule has 3 heterocycles. The Bertz CT molecular complexity index is 1140. The van der Waals surface area contributed by atoms with Gasteiger partial charge in [-0.3, -0.25) is 9.69 Å². The van der Waals surface area contributed by atoms with Crippen LogP contribution in [0.1, 0.15) is 30.6 Å². The summed E-state index contributed by atoms with van der Waals surface area (Å²) in [6, 6.07) is 5.70. The normalized spacial score (nSPS) is 15.3. The highest BCUT2D eigenvalue weighted by molar-refractivity contribution is 7.22. The predicted molar refractivity (Wildman–Crippen MR) is 137 cm³/mol. The molecule has 1 fully saturated rings. The van der Waals surface area contributed by atoms with Gasteiger partial charge >= 0.3 is 6.61 Å². The smallest absolute Gasteiger partial charge is 0.387 e. The van der Waals surface area contributed by atoms with Crippen LogP contribution < -0.4 is 15.4 Å². The fourth-order valence-corrected chi connectivity index (χ4v) is 4.89. The molecule has 0 bridgehead atoms. The van der Waals surface area contributed by atoms with Crippen molar-refractivity contribution in [3.05, 3.63) is 36.2 Å². The van der Waals surface area contributed by atoms with Crippen LogP contribution in [0.15, 0.2) is 30.6 Å². The third-order valence-electron chi connectivity index (χ3n) is 5.90. The van der Waals surface area contributed by atoms with Crippen LogP contribution >= 0.6 is 11.3 Å². The summed E-state index contributed by atoms with van der Waals surface area (Å²) >= 11 is 1.52. The van der Waals surface area contributed by atoms with Crippen molar-refractivity contribution in [3.8, 4) is 5.75 Å². The highest BCUT2D eigenvalue weighted by Gasteiger charge is 2.22. The Morgan fingerprint density at radius 2 is 1.86 bits per heavy atom. The third kappa shape index (κ3) is 6.97. The quantitative estimate of drug-likeness (QED) is 0.392. The van der Waals surface area contributed by atoms with Gasteiger partial charge in [0.1, 0.15) is 0 Å². The maximum Gasteiger partial charge on any atom is 0.387 e. The zero-order valence-corrected chi connectivity index (χ0v) is 21.2. The molecular weight excluding hydrogens is 488 g/mol. The molecule has 1 atom stereocenters. The first-order valence-electron chi connectivity index (χ1n) is 12.1. The number of rotatable bonds is 11. The molecule has 0 radical (unpaired) electrons. The van der Waals surface area contributed by atoms with E-state index in [0.717, 1.165) is 54.5 Å². The molecule has 1 unspecified atom stereocenters. The molecule has 0 saturated carbocycles. The van der Waals surface area contributed by atoms with E-state index in [4.69, 9.17) is 0 Å². The lowest BCUT2D eigenvalue weighted by molar-refractivity contribution is -0.0503. The summed E-state index contributed by atoms with van der Waals surface area (Å²) in [7, 11) is 0. The average molecular weight is 520 g/mol. The number of hydrogen-bond acceptors (Lipinski definition) is 9. The Balaban J connectivity index is 1.26. The third-order valence-corrected chi connectivity index (χ3v) is 6.87. The molecule has 0 aliphatic carbocycles. The zero-order chi connectivity index (χ0) is 25.5. The number of nitrogens with zero attached hydrogens (tertiary/aromatic N) is 5. The van der Waals surface area contributed by atoms with E-state index in [1.807, 2.05) is 23.1 Å². The lowest BCUT2D eigenvalue weighted by Gasteiger charge is -2.34. The molecule has 0 spiro atoms. The number of carbonyl (C=O) groups is 1. The molecule has 9 nitrogen and oxygen atoms in total. The summed E-state index contributed by atoms with van der Waals surface area (Å²) in [5.41, 5.74) is 1.56. The van der Waals surface area contributed by atoms with E-state index in [1.54, 1.807) is 0 Å². The van der Waals surface area contributed by atoms with Crippen LogP contribution in [0.2, 0.25) is 0 Å². The van der Waals surface area contributed by atoms with Crippen molar-refractivity contribution in [1.82, 2.24) is 24.8 Å². The van der Waals surface area contributed by atoms with E-state index >= 15 is 0 Å². The van der Waals surface area contributed by atoms with Gasteiger partial charge in [-0.25, -0.2) is 15.0 Å². The predicted octanol–water partition coefficient (Wildman–Crippen LogP) is 4.02. The summed E-state index contributed by atoms with van der Waals surface area (Å²) in [4.78, 5) is 29.9. The van der Waals surface area contributed by atoms with Gasteiger partial charge < -0.3 is 20.3 Å². The van der Waals surface area contributed by atoms with Crippen LogP contribution in [0, 0.1) is 5.92 Å². The van der Waals surface area contributed by atoms with Crippen LogP contribution in [0.5, 0.6) is 5.75 Å². The van der Waals surface area contributed by atoms with Crippen molar-refractivity contribution < 1.29 is 18.3 Å². The fraction of sp³-hybridized carbons (Fsp3) is 0.500. The Hall–Kier alpha value is -3.12. The van der Waals surface area contributed by atoms with Crippen molar-refractivity contribution in [2.24, 2.45) is 5.92 Å². The second kappa shape index (κ2) is 12.2. The first-order chi connectivity index (χ1) is 17.4. The van der Waals surface area contributed by atoms with Gasteiger partial charge in [-0.15, -0.1) is 0 Å². The Morgan fingerprint density at radius 1 is 1.14 bits per heavy atom. The highest BCUT2D eigenvalue weighted by atomic mass is 32.1. The van der Waals surface area contributed by atoms with Gasteiger partial charge in [-0.1, -0.05) is 25.2 Å². The molecule has 4 rings (SSSR count). The van der Waals surface area contributed by atoms with E-state index in [1.165, 1.54) is 23.7 Å². The number of anilines is 2. The average Bonchev–Trinajstić information content (AvgIpc) is 3.29. The molecule has 1 saturated heterocycles. The minimum atomic E-state index is -2.90. The molecule has 3 aromatic rings. The standard InChI is InChI=1S/C24H31F2N7O2S/c1-3-6-32-7-9-33(10-8-32)21(34)17-4-5-19-20(11-17)36-24(31-19)30-13-16(2)12-27-23-28-14-18(15-29-23)35-22(25)26/h4-5,11,14-16,22H,3,6-10,12-13H2,1-2H3,(H,30,31)(H,27,28,29). The number of alkyl halides is 2. The molecule has 1 aliphatic heterocycles. The molecule has 2 aromatic heterocycles. The van der Waals surface area contributed by atoms with E-state index in [9.17, 15) is 13.6 Å². The number of fused-ring (bicyclic) bond motifs is 1. The molecule has 1 aliphatic rings. The summed E-state index contributed by atoms with van der Waals surface area (Å²) < 4.78 is 29.6. The van der Waals surface area contributed by atoms with Crippen LogP contribution in [-0.2, 0) is 0 Å². The number of aromatic nitrogens is 3. The van der Waals surface area contributed by atoms with Gasteiger partial charge in [0.15, 0.2) is 10.9 Å². The van der Waals surface area contributed by atoms with Gasteiger partial charge in [-0.05, 0) is 37.1 Å². The zero-order valence-electron chi connectivity index (χ0n) is 20.4. The van der Waals surface area contributed by atoms with E-state index in [0.29, 0.717) is 24.6 Å². The fourth-order valence-electron chi connectivity index (χ4n) is 3.98. The van der Waals surface area contributed by atoms with Crippen molar-refractivity contribution in [1.29, 1.82) is 0 Å². The monoisotopic (exact) mass is 519 g/mol. The van der Waals surface area contributed by atoms with Crippen molar-refractivity contribution >= 4 is 38.5 Å². The maximum atomic E-state index is 13.0. The highest BCUT2D eigenvalue weighted by Crippen LogP contribution is 2.27. The number of ether oxygens (including phenoxy) is 1. The van der Waals surface area contributed by atoms with Crippen LogP contribution in [0.25, 0.3) is 10.2 Å². The molecule has 2 N–H and O–H groups in total. The van der Waals surface area contributed by atoms with Crippen LogP contribution in [0.3, 0.4) is 0 Å². The van der Waals surface area contributed by atoms with Gasteiger partial charge in [0.2, 0.25) is 5.95 Å². The first kappa shape index (κ1) is 26.0. The summed E-state index contributed by atoms with van der Waals surface area (Å²) in [6.07, 6.45) is 3.54. The number of carbonyl (C=O) groups excluding carboxylic acids is 1. The van der Waals surface area contributed by atoms with Gasteiger partial charge in [0, 0.05) is 44.8 Å². The Morgan fingerprint density at radius 3 is 2.56 bits per heavy atom. The minimum absolute atomic E-state index is 0.0756. The number of benzene rings is 1. The topological polar surface area (TPSA) is 95.5 Å². The number of amides is 1. The van der Waals surface area contributed by atoms with Crippen LogP contribution in [-0.4, -0.2) is 83.1 Å². The molecule has 12 heteroatoms. The van der Waals surface area contributed by atoms with Gasteiger partial charge in [0.05, 0.1) is 22.6 Å². The first-order valence-corrected chi connectivity index (χ1v) is 12.9. The van der Waals surface area contributed by atoms with E-state index in [-0.39, 0.29) is 17.6 Å². The number of nitrogens with one attached hydrogen (secondary N) is 2. The second-order valence-corrected chi connectivity index (χ2v) is 9.85.